The Morgan fingerprint density at radius 1 is 1.44 bits per heavy atom. The van der Waals surface area contributed by atoms with Crippen molar-refractivity contribution < 1.29 is 17.9 Å². The normalized spacial score (nSPS) is 11.3. The number of sulfonamides is 1. The van der Waals surface area contributed by atoms with Gasteiger partial charge in [-0.1, -0.05) is 6.07 Å². The summed E-state index contributed by atoms with van der Waals surface area (Å²) in [6.07, 6.45) is 0. The van der Waals surface area contributed by atoms with E-state index < -0.39 is 16.0 Å². The van der Waals surface area contributed by atoms with Gasteiger partial charge in [-0.05, 0) is 24.6 Å². The summed E-state index contributed by atoms with van der Waals surface area (Å²) in [5.74, 6) is -0.578. The van der Waals surface area contributed by atoms with Crippen LogP contribution in [0.1, 0.15) is 15.9 Å². The number of benzene rings is 1. The van der Waals surface area contributed by atoms with Crippen molar-refractivity contribution in [3.63, 3.8) is 0 Å². The van der Waals surface area contributed by atoms with Crippen LogP contribution < -0.4 is 10.5 Å². The number of methoxy groups -OCH3 is 1. The van der Waals surface area contributed by atoms with Gasteiger partial charge in [-0.15, -0.1) is 0 Å². The highest BCUT2D eigenvalue weighted by Crippen LogP contribution is 2.17. The molecule has 1 aromatic rings. The van der Waals surface area contributed by atoms with Crippen molar-refractivity contribution in [2.24, 2.45) is 5.73 Å². The molecule has 0 heterocycles. The first-order valence-electron chi connectivity index (χ1n) is 5.31. The summed E-state index contributed by atoms with van der Waals surface area (Å²) in [6.45, 7) is 2.00. The molecule has 3 N–H and O–H groups in total. The van der Waals surface area contributed by atoms with Crippen molar-refractivity contribution in [1.82, 2.24) is 4.72 Å². The predicted octanol–water partition coefficient (Wildman–Crippen LogP) is 0.0186. The smallest absolute Gasteiger partial charge is 0.337 e. The van der Waals surface area contributed by atoms with Crippen LogP contribution in [0.4, 0.5) is 0 Å². The molecule has 0 aromatic heterocycles. The number of carbonyl (C=O) groups is 1. The molecule has 0 saturated carbocycles. The Kier molecular flexibility index (Phi) is 4.83. The third-order valence-electron chi connectivity index (χ3n) is 2.34. The van der Waals surface area contributed by atoms with Gasteiger partial charge in [0.2, 0.25) is 10.0 Å². The van der Waals surface area contributed by atoms with E-state index in [1.54, 1.807) is 13.0 Å². The molecule has 0 fully saturated rings. The van der Waals surface area contributed by atoms with Gasteiger partial charge in [0.25, 0.3) is 0 Å². The lowest BCUT2D eigenvalue weighted by Crippen LogP contribution is -2.29. The van der Waals surface area contributed by atoms with Gasteiger partial charge in [0, 0.05) is 13.1 Å². The van der Waals surface area contributed by atoms with Gasteiger partial charge in [0.1, 0.15) is 0 Å². The van der Waals surface area contributed by atoms with Crippen LogP contribution in [0, 0.1) is 6.92 Å². The number of nitrogens with two attached hydrogens (primary N) is 1. The Bertz CT molecular complexity index is 540. The fourth-order valence-electron chi connectivity index (χ4n) is 1.41. The number of aryl methyl sites for hydroxylation is 1. The molecule has 7 heteroatoms. The Labute approximate surface area is 106 Å². The number of nitrogens with one attached hydrogen (secondary N) is 1. The van der Waals surface area contributed by atoms with Crippen LogP contribution in [0.2, 0.25) is 0 Å². The van der Waals surface area contributed by atoms with E-state index in [1.165, 1.54) is 19.2 Å². The van der Waals surface area contributed by atoms with Crippen molar-refractivity contribution in [3.8, 4) is 0 Å². The van der Waals surface area contributed by atoms with E-state index in [0.717, 1.165) is 0 Å². The van der Waals surface area contributed by atoms with E-state index in [0.29, 0.717) is 5.56 Å². The molecule has 0 amide bonds. The summed E-state index contributed by atoms with van der Waals surface area (Å²) >= 11 is 0. The zero-order valence-electron chi connectivity index (χ0n) is 10.3. The Balaban J connectivity index is 3.19. The largest absolute Gasteiger partial charge is 0.465 e. The standard InChI is InChI=1S/C11H16N2O4S/c1-8-3-4-9(11(14)17-2)7-10(8)18(15,16)13-6-5-12/h3-4,7,13H,5-6,12H2,1-2H3. The maximum Gasteiger partial charge on any atom is 0.337 e. The van der Waals surface area contributed by atoms with Crippen LogP contribution in [-0.2, 0) is 14.8 Å². The quantitative estimate of drug-likeness (QED) is 0.736. The Morgan fingerprint density at radius 3 is 2.67 bits per heavy atom. The molecule has 0 spiro atoms. The van der Waals surface area contributed by atoms with Crippen LogP contribution in [0.5, 0.6) is 0 Å². The van der Waals surface area contributed by atoms with Gasteiger partial charge in [0.15, 0.2) is 0 Å². The first kappa shape index (κ1) is 14.6. The molecular weight excluding hydrogens is 256 g/mol. The lowest BCUT2D eigenvalue weighted by atomic mass is 10.1. The van der Waals surface area contributed by atoms with Crippen molar-refractivity contribution in [2.45, 2.75) is 11.8 Å². The molecule has 0 unspecified atom stereocenters. The zero-order valence-corrected chi connectivity index (χ0v) is 11.1. The zero-order chi connectivity index (χ0) is 13.8. The fraction of sp³-hybridized carbons (Fsp3) is 0.364. The highest BCUT2D eigenvalue weighted by atomic mass is 32.2. The minimum absolute atomic E-state index is 0.0545. The van der Waals surface area contributed by atoms with Gasteiger partial charge >= 0.3 is 5.97 Å². The molecule has 100 valence electrons. The molecule has 0 aliphatic heterocycles. The van der Waals surface area contributed by atoms with Crippen LogP contribution in [0.25, 0.3) is 0 Å². The summed E-state index contributed by atoms with van der Waals surface area (Å²) in [6, 6.07) is 4.37. The number of hydrogen-bond acceptors (Lipinski definition) is 5. The minimum Gasteiger partial charge on any atom is -0.465 e. The second kappa shape index (κ2) is 5.94. The first-order chi connectivity index (χ1) is 8.42. The summed E-state index contributed by atoms with van der Waals surface area (Å²) in [5.41, 5.74) is 5.99. The van der Waals surface area contributed by atoms with Crippen LogP contribution in [0.15, 0.2) is 23.1 Å². The SMILES string of the molecule is COC(=O)c1ccc(C)c(S(=O)(=O)NCCN)c1. The first-order valence-corrected chi connectivity index (χ1v) is 6.79. The summed E-state index contributed by atoms with van der Waals surface area (Å²) in [4.78, 5) is 11.4. The molecule has 0 radical (unpaired) electrons. The van der Waals surface area contributed by atoms with E-state index in [4.69, 9.17) is 5.73 Å². The third kappa shape index (κ3) is 3.28. The average Bonchev–Trinajstić information content (AvgIpc) is 2.35. The number of hydrogen-bond donors (Lipinski definition) is 2. The number of esters is 1. The maximum atomic E-state index is 12.0. The summed E-state index contributed by atoms with van der Waals surface area (Å²) in [5, 5.41) is 0. The number of rotatable bonds is 5. The molecule has 1 aromatic carbocycles. The second-order valence-electron chi connectivity index (χ2n) is 3.66. The van der Waals surface area contributed by atoms with E-state index in [1.807, 2.05) is 0 Å². The monoisotopic (exact) mass is 272 g/mol. The van der Waals surface area contributed by atoms with E-state index in [2.05, 4.69) is 9.46 Å². The highest BCUT2D eigenvalue weighted by molar-refractivity contribution is 7.89. The molecule has 0 saturated heterocycles. The molecular formula is C11H16N2O4S. The molecule has 0 bridgehead atoms. The minimum atomic E-state index is -3.66. The van der Waals surface area contributed by atoms with Gasteiger partial charge < -0.3 is 10.5 Å². The molecule has 6 nitrogen and oxygen atoms in total. The number of ether oxygens (including phenoxy) is 1. The van der Waals surface area contributed by atoms with Gasteiger partial charge in [-0.25, -0.2) is 17.9 Å². The topological polar surface area (TPSA) is 98.5 Å². The lowest BCUT2D eigenvalue weighted by Gasteiger charge is -2.09. The van der Waals surface area contributed by atoms with E-state index >= 15 is 0 Å². The highest BCUT2D eigenvalue weighted by Gasteiger charge is 2.18. The predicted molar refractivity (Wildman–Crippen MR) is 66.8 cm³/mol. The third-order valence-corrected chi connectivity index (χ3v) is 3.94. The van der Waals surface area contributed by atoms with Crippen molar-refractivity contribution >= 4 is 16.0 Å². The fourth-order valence-corrected chi connectivity index (χ4v) is 2.72. The maximum absolute atomic E-state index is 12.0. The Hall–Kier alpha value is -1.44. The molecule has 18 heavy (non-hydrogen) atoms. The van der Waals surface area contributed by atoms with Gasteiger partial charge in [-0.3, -0.25) is 0 Å². The second-order valence-corrected chi connectivity index (χ2v) is 5.39. The van der Waals surface area contributed by atoms with Crippen LogP contribution in [-0.4, -0.2) is 34.6 Å². The van der Waals surface area contributed by atoms with E-state index in [-0.39, 0.29) is 23.5 Å². The van der Waals surface area contributed by atoms with E-state index in [9.17, 15) is 13.2 Å². The number of carbonyl (C=O) groups excluding carboxylic acids is 1. The lowest BCUT2D eigenvalue weighted by molar-refractivity contribution is 0.0600. The molecule has 1 rings (SSSR count). The molecule has 0 aliphatic carbocycles. The molecule has 0 atom stereocenters. The Morgan fingerprint density at radius 2 is 2.11 bits per heavy atom. The van der Waals surface area contributed by atoms with Crippen molar-refractivity contribution in [1.29, 1.82) is 0 Å². The van der Waals surface area contributed by atoms with Crippen molar-refractivity contribution in [3.05, 3.63) is 29.3 Å². The van der Waals surface area contributed by atoms with Crippen molar-refractivity contribution in [2.75, 3.05) is 20.2 Å². The van der Waals surface area contributed by atoms with Crippen LogP contribution >= 0.6 is 0 Å². The molecule has 0 aliphatic rings. The van der Waals surface area contributed by atoms with Gasteiger partial charge in [0.05, 0.1) is 17.6 Å². The summed E-state index contributed by atoms with van der Waals surface area (Å²) < 4.78 is 30.8. The van der Waals surface area contributed by atoms with Crippen LogP contribution in [0.3, 0.4) is 0 Å². The van der Waals surface area contributed by atoms with Gasteiger partial charge in [-0.2, -0.15) is 0 Å². The average molecular weight is 272 g/mol. The summed E-state index contributed by atoms with van der Waals surface area (Å²) in [7, 11) is -2.42.